The van der Waals surface area contributed by atoms with E-state index >= 15 is 0 Å². The Labute approximate surface area is 126 Å². The Kier molecular flexibility index (Phi) is 7.12. The van der Waals surface area contributed by atoms with Crippen LogP contribution in [0, 0.1) is 0 Å². The molecule has 0 amide bonds. The fourth-order valence-corrected chi connectivity index (χ4v) is 2.10. The second-order valence-corrected chi connectivity index (χ2v) is 4.46. The van der Waals surface area contributed by atoms with E-state index in [0.717, 1.165) is 31.8 Å². The maximum absolute atomic E-state index is 5.34. The van der Waals surface area contributed by atoms with Crippen molar-refractivity contribution in [2.45, 2.75) is 33.0 Å². The predicted molar refractivity (Wildman–Crippen MR) is 83.3 cm³/mol. The normalized spacial score (nSPS) is 10.1. The molecular formula is C15H22ClN3O. The number of rotatable bonds is 7. The first-order valence-corrected chi connectivity index (χ1v) is 6.68. The Balaban J connectivity index is 0.00000200. The number of ether oxygens (including phenoxy) is 1. The van der Waals surface area contributed by atoms with E-state index in [4.69, 9.17) is 4.74 Å². The summed E-state index contributed by atoms with van der Waals surface area (Å²) >= 11 is 0. The van der Waals surface area contributed by atoms with E-state index in [2.05, 4.69) is 34.2 Å². The number of nitrogens with one attached hydrogen (secondary N) is 1. The monoisotopic (exact) mass is 295 g/mol. The van der Waals surface area contributed by atoms with Crippen molar-refractivity contribution >= 4 is 12.4 Å². The highest BCUT2D eigenvalue weighted by molar-refractivity contribution is 5.85. The van der Waals surface area contributed by atoms with Crippen molar-refractivity contribution in [3.05, 3.63) is 47.8 Å². The van der Waals surface area contributed by atoms with Gasteiger partial charge in [-0.25, -0.2) is 0 Å². The summed E-state index contributed by atoms with van der Waals surface area (Å²) in [7, 11) is 1.70. The second-order valence-electron chi connectivity index (χ2n) is 4.46. The summed E-state index contributed by atoms with van der Waals surface area (Å²) in [6.07, 6.45) is 2.96. The van der Waals surface area contributed by atoms with Crippen LogP contribution in [0.15, 0.2) is 36.5 Å². The van der Waals surface area contributed by atoms with Gasteiger partial charge in [0.1, 0.15) is 5.75 Å². The van der Waals surface area contributed by atoms with E-state index < -0.39 is 0 Å². The highest BCUT2D eigenvalue weighted by Crippen LogP contribution is 2.16. The van der Waals surface area contributed by atoms with E-state index in [0.29, 0.717) is 0 Å². The number of hydrogen-bond donors (Lipinski definition) is 1. The first kappa shape index (κ1) is 16.5. The Morgan fingerprint density at radius 2 is 2.00 bits per heavy atom. The smallest absolute Gasteiger partial charge is 0.123 e. The largest absolute Gasteiger partial charge is 0.496 e. The van der Waals surface area contributed by atoms with Gasteiger partial charge in [0.05, 0.1) is 12.8 Å². The molecule has 1 aromatic heterocycles. The maximum Gasteiger partial charge on any atom is 0.123 e. The van der Waals surface area contributed by atoms with Crippen LogP contribution in [-0.4, -0.2) is 16.9 Å². The van der Waals surface area contributed by atoms with Gasteiger partial charge in [0.15, 0.2) is 0 Å². The van der Waals surface area contributed by atoms with Gasteiger partial charge in [-0.15, -0.1) is 12.4 Å². The lowest BCUT2D eigenvalue weighted by atomic mass is 10.2. The molecule has 0 fully saturated rings. The third-order valence-electron chi connectivity index (χ3n) is 3.05. The number of benzene rings is 1. The van der Waals surface area contributed by atoms with Gasteiger partial charge in [-0.3, -0.25) is 4.68 Å². The van der Waals surface area contributed by atoms with Crippen molar-refractivity contribution in [3.63, 3.8) is 0 Å². The molecule has 0 spiro atoms. The van der Waals surface area contributed by atoms with Crippen LogP contribution in [0.5, 0.6) is 5.75 Å². The van der Waals surface area contributed by atoms with Crippen LogP contribution in [0.2, 0.25) is 0 Å². The molecule has 0 atom stereocenters. The number of aryl methyl sites for hydroxylation is 1. The quantitative estimate of drug-likeness (QED) is 0.853. The zero-order chi connectivity index (χ0) is 13.5. The molecule has 0 bridgehead atoms. The average molecular weight is 296 g/mol. The number of methoxy groups -OCH3 is 1. The molecule has 1 N–H and O–H groups in total. The van der Waals surface area contributed by atoms with E-state index in [9.17, 15) is 0 Å². The van der Waals surface area contributed by atoms with E-state index in [-0.39, 0.29) is 12.4 Å². The van der Waals surface area contributed by atoms with Crippen molar-refractivity contribution in [1.29, 1.82) is 0 Å². The summed E-state index contributed by atoms with van der Waals surface area (Å²) in [4.78, 5) is 0. The van der Waals surface area contributed by atoms with Gasteiger partial charge in [0.25, 0.3) is 0 Å². The molecular weight excluding hydrogens is 274 g/mol. The minimum Gasteiger partial charge on any atom is -0.496 e. The Hall–Kier alpha value is -1.52. The third kappa shape index (κ3) is 4.25. The average Bonchev–Trinajstić information content (AvgIpc) is 2.87. The van der Waals surface area contributed by atoms with Crippen LogP contribution in [0.1, 0.15) is 24.6 Å². The molecule has 110 valence electrons. The summed E-state index contributed by atoms with van der Waals surface area (Å²) in [5.74, 6) is 0.928. The molecule has 0 aliphatic carbocycles. The van der Waals surface area contributed by atoms with Gasteiger partial charge >= 0.3 is 0 Å². The molecule has 4 nitrogen and oxygen atoms in total. The van der Waals surface area contributed by atoms with Crippen LogP contribution in [0.3, 0.4) is 0 Å². The van der Waals surface area contributed by atoms with Crippen LogP contribution in [-0.2, 0) is 19.6 Å². The minimum atomic E-state index is 0. The van der Waals surface area contributed by atoms with Crippen molar-refractivity contribution in [1.82, 2.24) is 15.1 Å². The highest BCUT2D eigenvalue weighted by atomic mass is 35.5. The van der Waals surface area contributed by atoms with Gasteiger partial charge in [-0.05, 0) is 18.6 Å². The first-order chi connectivity index (χ1) is 9.35. The van der Waals surface area contributed by atoms with Crippen molar-refractivity contribution in [2.24, 2.45) is 0 Å². The Bertz CT molecular complexity index is 513. The zero-order valence-electron chi connectivity index (χ0n) is 12.0. The summed E-state index contributed by atoms with van der Waals surface area (Å²) in [5, 5.41) is 7.75. The molecule has 0 aliphatic heterocycles. The van der Waals surface area contributed by atoms with Crippen LogP contribution in [0.25, 0.3) is 0 Å². The standard InChI is InChI=1S/C15H21N3O.ClH/c1-3-10-18-14(8-9-17-18)12-16-11-13-6-4-5-7-15(13)19-2;/h4-9,16H,3,10-12H2,1-2H3;1H. The molecule has 0 saturated carbocycles. The van der Waals surface area contributed by atoms with Crippen LogP contribution in [0.4, 0.5) is 0 Å². The zero-order valence-corrected chi connectivity index (χ0v) is 12.8. The maximum atomic E-state index is 5.34. The third-order valence-corrected chi connectivity index (χ3v) is 3.05. The van der Waals surface area contributed by atoms with Crippen molar-refractivity contribution in [3.8, 4) is 5.75 Å². The van der Waals surface area contributed by atoms with Gasteiger partial charge in [0.2, 0.25) is 0 Å². The topological polar surface area (TPSA) is 39.1 Å². The fourth-order valence-electron chi connectivity index (χ4n) is 2.10. The highest BCUT2D eigenvalue weighted by Gasteiger charge is 2.03. The predicted octanol–water partition coefficient (Wildman–Crippen LogP) is 3.01. The summed E-state index contributed by atoms with van der Waals surface area (Å²) in [6.45, 7) is 4.74. The molecule has 0 saturated heterocycles. The molecule has 5 heteroatoms. The number of hydrogen-bond acceptors (Lipinski definition) is 3. The second kappa shape index (κ2) is 8.61. The van der Waals surface area contributed by atoms with E-state index in [1.54, 1.807) is 7.11 Å². The van der Waals surface area contributed by atoms with Gasteiger partial charge in [0, 0.05) is 31.4 Å². The summed E-state index contributed by atoms with van der Waals surface area (Å²) < 4.78 is 7.39. The SMILES string of the molecule is CCCn1nccc1CNCc1ccccc1OC.Cl. The number of aromatic nitrogens is 2. The molecule has 1 aromatic carbocycles. The number of para-hydroxylation sites is 1. The summed E-state index contributed by atoms with van der Waals surface area (Å²) in [6, 6.07) is 10.1. The van der Waals surface area contributed by atoms with Crippen LogP contribution >= 0.6 is 12.4 Å². The van der Waals surface area contributed by atoms with Crippen molar-refractivity contribution < 1.29 is 4.74 Å². The lowest BCUT2D eigenvalue weighted by Crippen LogP contribution is -2.16. The molecule has 1 heterocycles. The summed E-state index contributed by atoms with van der Waals surface area (Å²) in [5.41, 5.74) is 2.39. The van der Waals surface area contributed by atoms with Gasteiger partial charge in [-0.1, -0.05) is 25.1 Å². The molecule has 2 aromatic rings. The van der Waals surface area contributed by atoms with E-state index in [1.165, 1.54) is 11.3 Å². The Morgan fingerprint density at radius 3 is 2.75 bits per heavy atom. The molecule has 0 radical (unpaired) electrons. The molecule has 20 heavy (non-hydrogen) atoms. The van der Waals surface area contributed by atoms with Gasteiger partial charge in [-0.2, -0.15) is 5.10 Å². The number of halogens is 1. The molecule has 2 rings (SSSR count). The minimum absolute atomic E-state index is 0. The number of nitrogens with zero attached hydrogens (tertiary/aromatic N) is 2. The molecule has 0 unspecified atom stereocenters. The Morgan fingerprint density at radius 1 is 1.20 bits per heavy atom. The van der Waals surface area contributed by atoms with Crippen molar-refractivity contribution in [2.75, 3.05) is 7.11 Å². The van der Waals surface area contributed by atoms with E-state index in [1.807, 2.05) is 24.4 Å². The van der Waals surface area contributed by atoms with Crippen LogP contribution < -0.4 is 10.1 Å². The fraction of sp³-hybridized carbons (Fsp3) is 0.400. The van der Waals surface area contributed by atoms with Gasteiger partial charge < -0.3 is 10.1 Å². The lowest BCUT2D eigenvalue weighted by molar-refractivity contribution is 0.407. The first-order valence-electron chi connectivity index (χ1n) is 6.68. The lowest BCUT2D eigenvalue weighted by Gasteiger charge is -2.10. The molecule has 0 aliphatic rings.